The molecule has 1 saturated carbocycles. The number of likely N-dealkylation sites (tertiary alicyclic amines) is 1. The minimum absolute atomic E-state index is 0.0905. The topological polar surface area (TPSA) is 80.8 Å². The van der Waals surface area contributed by atoms with E-state index >= 15 is 0 Å². The van der Waals surface area contributed by atoms with E-state index in [-0.39, 0.29) is 41.3 Å². The van der Waals surface area contributed by atoms with Crippen molar-refractivity contribution in [1.29, 1.82) is 0 Å². The van der Waals surface area contributed by atoms with E-state index in [2.05, 4.69) is 0 Å². The fraction of sp³-hybridized carbons (Fsp3) is 0.429. The van der Waals surface area contributed by atoms with Crippen LogP contribution < -0.4 is 0 Å². The van der Waals surface area contributed by atoms with Crippen LogP contribution in [-0.2, 0) is 19.1 Å². The number of nitrogens with zero attached hydrogens (tertiary/aromatic N) is 1. The van der Waals surface area contributed by atoms with Crippen molar-refractivity contribution in [1.82, 2.24) is 4.90 Å². The maximum absolute atomic E-state index is 12.7. The third-order valence-electron chi connectivity index (χ3n) is 5.95. The molecule has 1 aliphatic heterocycles. The van der Waals surface area contributed by atoms with Crippen molar-refractivity contribution in [2.45, 2.75) is 26.3 Å². The molecule has 6 heteroatoms. The number of benzene rings is 1. The molecule has 0 radical (unpaired) electrons. The van der Waals surface area contributed by atoms with Gasteiger partial charge in [0.2, 0.25) is 11.8 Å². The van der Waals surface area contributed by atoms with Gasteiger partial charge >= 0.3 is 5.97 Å². The van der Waals surface area contributed by atoms with E-state index in [1.165, 1.54) is 6.92 Å². The number of esters is 1. The number of ether oxygens (including phenoxy) is 1. The minimum Gasteiger partial charge on any atom is -0.456 e. The van der Waals surface area contributed by atoms with Crippen molar-refractivity contribution < 1.29 is 23.9 Å². The fourth-order valence-corrected chi connectivity index (χ4v) is 4.49. The van der Waals surface area contributed by atoms with E-state index in [0.29, 0.717) is 5.56 Å². The molecule has 4 rings (SSSR count). The second-order valence-electron chi connectivity index (χ2n) is 7.62. The molecule has 1 heterocycles. The smallest absolute Gasteiger partial charge is 0.329 e. The molecule has 1 saturated heterocycles. The number of hydrogen-bond donors (Lipinski definition) is 0. The van der Waals surface area contributed by atoms with E-state index in [9.17, 15) is 19.2 Å². The Kier molecular flexibility index (Phi) is 4.21. The average molecular weight is 367 g/mol. The Morgan fingerprint density at radius 1 is 1.07 bits per heavy atom. The Morgan fingerprint density at radius 3 is 2.19 bits per heavy atom. The van der Waals surface area contributed by atoms with E-state index in [4.69, 9.17) is 4.74 Å². The van der Waals surface area contributed by atoms with Gasteiger partial charge in [-0.1, -0.05) is 42.0 Å². The van der Waals surface area contributed by atoms with Crippen LogP contribution in [0.1, 0.15) is 29.3 Å². The van der Waals surface area contributed by atoms with Crippen LogP contribution >= 0.6 is 0 Å². The van der Waals surface area contributed by atoms with Gasteiger partial charge in [-0.05, 0) is 32.1 Å². The highest BCUT2D eigenvalue weighted by Gasteiger charge is 2.60. The molecule has 0 N–H and O–H groups in total. The lowest BCUT2D eigenvalue weighted by Crippen LogP contribution is -2.45. The molecular formula is C21H21NO5. The van der Waals surface area contributed by atoms with Crippen molar-refractivity contribution in [2.24, 2.45) is 23.7 Å². The summed E-state index contributed by atoms with van der Waals surface area (Å²) in [6, 6.07) is 5.93. The Bertz CT molecular complexity index is 826. The van der Waals surface area contributed by atoms with Gasteiger partial charge in [-0.3, -0.25) is 19.3 Å². The summed E-state index contributed by atoms with van der Waals surface area (Å²) in [4.78, 5) is 51.0. The Balaban J connectivity index is 1.39. The van der Waals surface area contributed by atoms with Crippen molar-refractivity contribution in [2.75, 3.05) is 6.61 Å². The molecule has 2 fully saturated rings. The number of allylic oxidation sites excluding steroid dienone is 2. The first-order chi connectivity index (χ1) is 12.9. The Hall–Kier alpha value is -2.76. The number of ketones is 1. The highest BCUT2D eigenvalue weighted by molar-refractivity contribution is 6.09. The number of carbonyl (C=O) groups excluding carboxylic acids is 4. The van der Waals surface area contributed by atoms with Gasteiger partial charge in [0, 0.05) is 5.56 Å². The summed E-state index contributed by atoms with van der Waals surface area (Å²) in [5, 5.41) is 0. The first-order valence-electron chi connectivity index (χ1n) is 9.20. The highest BCUT2D eigenvalue weighted by atomic mass is 16.5. The van der Waals surface area contributed by atoms with Crippen LogP contribution in [0.15, 0.2) is 36.4 Å². The molecule has 0 spiro atoms. The minimum atomic E-state index is -1.03. The molecular weight excluding hydrogens is 346 g/mol. The molecule has 3 aliphatic rings. The van der Waals surface area contributed by atoms with Crippen LogP contribution in [0.5, 0.6) is 0 Å². The predicted molar refractivity (Wildman–Crippen MR) is 95.5 cm³/mol. The lowest BCUT2D eigenvalue weighted by atomic mass is 9.85. The van der Waals surface area contributed by atoms with E-state index in [1.807, 2.05) is 19.1 Å². The van der Waals surface area contributed by atoms with Gasteiger partial charge in [0.25, 0.3) is 0 Å². The van der Waals surface area contributed by atoms with Crippen molar-refractivity contribution in [3.8, 4) is 0 Å². The molecule has 0 aromatic heterocycles. The van der Waals surface area contributed by atoms with E-state index < -0.39 is 18.6 Å². The summed E-state index contributed by atoms with van der Waals surface area (Å²) >= 11 is 0. The molecule has 0 unspecified atom stereocenters. The number of imide groups is 1. The van der Waals surface area contributed by atoms with Crippen LogP contribution in [0.25, 0.3) is 0 Å². The summed E-state index contributed by atoms with van der Waals surface area (Å²) in [6.07, 6.45) is 4.85. The first kappa shape index (κ1) is 17.6. The molecule has 140 valence electrons. The third-order valence-corrected chi connectivity index (χ3v) is 5.95. The van der Waals surface area contributed by atoms with E-state index in [0.717, 1.165) is 16.9 Å². The van der Waals surface area contributed by atoms with Crippen LogP contribution in [0, 0.1) is 30.6 Å². The predicted octanol–water partition coefficient (Wildman–Crippen LogP) is 1.92. The zero-order valence-corrected chi connectivity index (χ0v) is 15.3. The maximum atomic E-state index is 12.7. The number of amides is 2. The van der Waals surface area contributed by atoms with Gasteiger partial charge in [-0.2, -0.15) is 0 Å². The number of hydrogen-bond acceptors (Lipinski definition) is 5. The molecule has 2 amide bonds. The molecule has 1 aromatic rings. The Morgan fingerprint density at radius 2 is 1.63 bits per heavy atom. The SMILES string of the molecule is Cc1ccc(C(=O)COC(=O)[C@@H](C)N2C(=O)[C@@H]3[C@H](C2=O)[C@H]2C=C[C@H]3C2)cc1. The van der Waals surface area contributed by atoms with Crippen LogP contribution in [0.2, 0.25) is 0 Å². The number of Topliss-reactive ketones (excluding diaryl/α,β-unsaturated/α-hetero) is 1. The zero-order chi connectivity index (χ0) is 19.3. The van der Waals surface area contributed by atoms with Gasteiger partial charge in [-0.15, -0.1) is 0 Å². The lowest BCUT2D eigenvalue weighted by molar-refractivity contribution is -0.157. The standard InChI is InChI=1S/C21H21NO5/c1-11-3-5-13(6-4-11)16(23)10-27-21(26)12(2)22-19(24)17-14-7-8-15(9-14)18(17)20(22)25/h3-8,12,14-15,17-18H,9-10H2,1-2H3/t12-,14+,15+,17-,18+/m1/s1. The quantitative estimate of drug-likeness (QED) is 0.344. The van der Waals surface area contributed by atoms with Gasteiger partial charge in [0.05, 0.1) is 11.8 Å². The summed E-state index contributed by atoms with van der Waals surface area (Å²) < 4.78 is 5.10. The van der Waals surface area contributed by atoms with Crippen molar-refractivity contribution in [3.63, 3.8) is 0 Å². The largest absolute Gasteiger partial charge is 0.456 e. The number of aryl methyl sites for hydroxylation is 1. The third kappa shape index (κ3) is 2.80. The second-order valence-corrected chi connectivity index (χ2v) is 7.62. The van der Waals surface area contributed by atoms with Gasteiger partial charge in [-0.25, -0.2) is 4.79 Å². The van der Waals surface area contributed by atoms with Crippen molar-refractivity contribution in [3.05, 3.63) is 47.5 Å². The molecule has 2 bridgehead atoms. The molecule has 1 aromatic carbocycles. The average Bonchev–Trinajstić information content (AvgIpc) is 3.33. The fourth-order valence-electron chi connectivity index (χ4n) is 4.49. The van der Waals surface area contributed by atoms with Crippen LogP contribution in [0.3, 0.4) is 0 Å². The summed E-state index contributed by atoms with van der Waals surface area (Å²) in [6.45, 7) is 2.98. The van der Waals surface area contributed by atoms with Crippen LogP contribution in [0.4, 0.5) is 0 Å². The molecule has 2 aliphatic carbocycles. The molecule has 27 heavy (non-hydrogen) atoms. The maximum Gasteiger partial charge on any atom is 0.329 e. The van der Waals surface area contributed by atoms with Gasteiger partial charge in [0.15, 0.2) is 12.4 Å². The van der Waals surface area contributed by atoms with Crippen LogP contribution in [-0.4, -0.2) is 41.1 Å². The monoisotopic (exact) mass is 367 g/mol. The normalized spacial score (nSPS) is 29.2. The first-order valence-corrected chi connectivity index (χ1v) is 9.20. The number of fused-ring (bicyclic) bond motifs is 5. The van der Waals surface area contributed by atoms with Gasteiger partial charge in [0.1, 0.15) is 6.04 Å². The molecule has 6 nitrogen and oxygen atoms in total. The highest BCUT2D eigenvalue weighted by Crippen LogP contribution is 2.52. The lowest BCUT2D eigenvalue weighted by Gasteiger charge is -2.23. The number of carbonyl (C=O) groups is 4. The van der Waals surface area contributed by atoms with Gasteiger partial charge < -0.3 is 4.74 Å². The van der Waals surface area contributed by atoms with Crippen molar-refractivity contribution >= 4 is 23.6 Å². The molecule has 5 atom stereocenters. The zero-order valence-electron chi connectivity index (χ0n) is 15.3. The summed E-state index contributed by atoms with van der Waals surface area (Å²) in [5.41, 5.74) is 1.48. The summed E-state index contributed by atoms with van der Waals surface area (Å²) in [7, 11) is 0. The number of rotatable bonds is 5. The van der Waals surface area contributed by atoms with E-state index in [1.54, 1.807) is 24.3 Å². The Labute approximate surface area is 157 Å². The summed E-state index contributed by atoms with van der Waals surface area (Å²) in [5.74, 6) is -2.17. The second kappa shape index (κ2) is 6.44.